The normalized spacial score (nSPS) is 10.8. The van der Waals surface area contributed by atoms with E-state index in [1.54, 1.807) is 25.1 Å². The highest BCUT2D eigenvalue weighted by atomic mass is 19.1. The number of aromatic carboxylic acids is 1. The van der Waals surface area contributed by atoms with Crippen molar-refractivity contribution in [2.24, 2.45) is 0 Å². The first-order chi connectivity index (χ1) is 10.4. The molecule has 0 saturated carbocycles. The van der Waals surface area contributed by atoms with Gasteiger partial charge in [-0.1, -0.05) is 24.3 Å². The minimum absolute atomic E-state index is 0.128. The second-order valence-corrected chi connectivity index (χ2v) is 4.68. The van der Waals surface area contributed by atoms with Gasteiger partial charge in [0.05, 0.1) is 16.6 Å². The molecule has 0 aromatic heterocycles. The third kappa shape index (κ3) is 3.35. The Morgan fingerprint density at radius 3 is 2.59 bits per heavy atom. The Hall–Kier alpha value is -3.02. The van der Waals surface area contributed by atoms with E-state index in [2.05, 4.69) is 0 Å². The van der Waals surface area contributed by atoms with Gasteiger partial charge in [-0.15, -0.1) is 0 Å². The maximum Gasteiger partial charge on any atom is 0.335 e. The van der Waals surface area contributed by atoms with Crippen molar-refractivity contribution in [3.8, 4) is 0 Å². The highest BCUT2D eigenvalue weighted by Crippen LogP contribution is 2.23. The molecule has 0 atom stereocenters. The van der Waals surface area contributed by atoms with E-state index in [1.807, 2.05) is 0 Å². The Morgan fingerprint density at radius 2 is 2.00 bits per heavy atom. The number of hydrogen-bond acceptors (Lipinski definition) is 3. The molecule has 22 heavy (non-hydrogen) atoms. The maximum absolute atomic E-state index is 13.9. The smallest absolute Gasteiger partial charge is 0.335 e. The summed E-state index contributed by atoms with van der Waals surface area (Å²) in [6.07, 6.45) is 3.03. The predicted molar refractivity (Wildman–Crippen MR) is 80.1 cm³/mol. The van der Waals surface area contributed by atoms with Crippen molar-refractivity contribution in [2.75, 3.05) is 0 Å². The number of carbonyl (C=O) groups is 1. The highest BCUT2D eigenvalue weighted by molar-refractivity contribution is 5.88. The molecule has 0 bridgehead atoms. The van der Waals surface area contributed by atoms with Crippen molar-refractivity contribution < 1.29 is 19.2 Å². The van der Waals surface area contributed by atoms with Crippen LogP contribution in [0.25, 0.3) is 12.2 Å². The molecule has 2 aromatic rings. The van der Waals surface area contributed by atoms with Gasteiger partial charge in [-0.2, -0.15) is 0 Å². The van der Waals surface area contributed by atoms with E-state index in [1.165, 1.54) is 24.3 Å². The van der Waals surface area contributed by atoms with Gasteiger partial charge in [0.1, 0.15) is 5.82 Å². The van der Waals surface area contributed by atoms with Crippen LogP contribution in [0.3, 0.4) is 0 Å². The molecule has 0 fully saturated rings. The molecule has 0 saturated heterocycles. The fraction of sp³-hybridized carbons (Fsp3) is 0.0625. The van der Waals surface area contributed by atoms with Crippen LogP contribution in [0.4, 0.5) is 10.1 Å². The van der Waals surface area contributed by atoms with E-state index in [4.69, 9.17) is 5.11 Å². The zero-order chi connectivity index (χ0) is 16.3. The molecule has 0 radical (unpaired) electrons. The number of benzene rings is 2. The standard InChI is InChI=1S/C16H12FNO4/c1-10-7-13(18(21)22)9-15(17)14(10)6-5-11-3-2-4-12(8-11)16(19)20/h2-9H,1H3,(H,19,20)/b6-5+. The largest absolute Gasteiger partial charge is 0.478 e. The van der Waals surface area contributed by atoms with Crippen LogP contribution in [-0.2, 0) is 0 Å². The highest BCUT2D eigenvalue weighted by Gasteiger charge is 2.12. The lowest BCUT2D eigenvalue weighted by molar-refractivity contribution is -0.385. The van der Waals surface area contributed by atoms with Gasteiger partial charge in [-0.25, -0.2) is 9.18 Å². The van der Waals surface area contributed by atoms with Crippen LogP contribution >= 0.6 is 0 Å². The molecule has 0 amide bonds. The summed E-state index contributed by atoms with van der Waals surface area (Å²) >= 11 is 0. The summed E-state index contributed by atoms with van der Waals surface area (Å²) in [5.74, 6) is -1.75. The Morgan fingerprint density at radius 1 is 1.27 bits per heavy atom. The van der Waals surface area contributed by atoms with Gasteiger partial charge in [-0.05, 0) is 30.2 Å². The molecule has 6 heteroatoms. The molecule has 112 valence electrons. The average Bonchev–Trinajstić information content (AvgIpc) is 2.46. The fourth-order valence-electron chi connectivity index (χ4n) is 2.01. The van der Waals surface area contributed by atoms with Gasteiger partial charge < -0.3 is 5.11 Å². The Balaban J connectivity index is 2.36. The summed E-state index contributed by atoms with van der Waals surface area (Å²) in [6, 6.07) is 8.33. The van der Waals surface area contributed by atoms with Crippen molar-refractivity contribution in [3.63, 3.8) is 0 Å². The molecule has 0 unspecified atom stereocenters. The number of nitro benzene ring substituents is 1. The first kappa shape index (κ1) is 15.4. The Labute approximate surface area is 125 Å². The molecular weight excluding hydrogens is 289 g/mol. The molecule has 2 rings (SSSR count). The molecule has 0 aliphatic rings. The number of hydrogen-bond donors (Lipinski definition) is 1. The molecular formula is C16H12FNO4. The van der Waals surface area contributed by atoms with Crippen LogP contribution < -0.4 is 0 Å². The summed E-state index contributed by atoms with van der Waals surface area (Å²) < 4.78 is 13.9. The third-order valence-electron chi connectivity index (χ3n) is 3.11. The summed E-state index contributed by atoms with van der Waals surface area (Å²) in [4.78, 5) is 20.9. The van der Waals surface area contributed by atoms with Crippen LogP contribution in [0.15, 0.2) is 36.4 Å². The van der Waals surface area contributed by atoms with Crippen molar-refractivity contribution in [1.29, 1.82) is 0 Å². The quantitative estimate of drug-likeness (QED) is 0.527. The topological polar surface area (TPSA) is 80.4 Å². The number of nitrogens with zero attached hydrogens (tertiary/aromatic N) is 1. The van der Waals surface area contributed by atoms with E-state index >= 15 is 0 Å². The van der Waals surface area contributed by atoms with Gasteiger partial charge in [0.15, 0.2) is 0 Å². The number of carboxylic acids is 1. The van der Waals surface area contributed by atoms with Gasteiger partial charge in [0, 0.05) is 11.6 Å². The molecule has 2 aromatic carbocycles. The predicted octanol–water partition coefficient (Wildman–Crippen LogP) is 3.91. The monoisotopic (exact) mass is 301 g/mol. The second kappa shape index (κ2) is 6.17. The van der Waals surface area contributed by atoms with E-state index in [0.717, 1.165) is 6.07 Å². The summed E-state index contributed by atoms with van der Waals surface area (Å²) in [6.45, 7) is 1.57. The van der Waals surface area contributed by atoms with Crippen LogP contribution in [0.2, 0.25) is 0 Å². The zero-order valence-corrected chi connectivity index (χ0v) is 11.6. The number of nitro groups is 1. The second-order valence-electron chi connectivity index (χ2n) is 4.68. The lowest BCUT2D eigenvalue weighted by Crippen LogP contribution is -1.95. The Bertz CT molecular complexity index is 760. The minimum Gasteiger partial charge on any atom is -0.478 e. The first-order valence-electron chi connectivity index (χ1n) is 6.34. The molecule has 0 heterocycles. The Kier molecular flexibility index (Phi) is 4.31. The first-order valence-corrected chi connectivity index (χ1v) is 6.34. The number of carboxylic acid groups (broad SMARTS) is 1. The van der Waals surface area contributed by atoms with E-state index in [0.29, 0.717) is 11.1 Å². The van der Waals surface area contributed by atoms with Crippen LogP contribution in [-0.4, -0.2) is 16.0 Å². The number of halogens is 1. The van der Waals surface area contributed by atoms with Gasteiger partial charge in [0.2, 0.25) is 0 Å². The summed E-state index contributed by atoms with van der Waals surface area (Å²) in [7, 11) is 0. The summed E-state index contributed by atoms with van der Waals surface area (Å²) in [5, 5.41) is 19.6. The zero-order valence-electron chi connectivity index (χ0n) is 11.6. The molecule has 1 N–H and O–H groups in total. The third-order valence-corrected chi connectivity index (χ3v) is 3.11. The number of rotatable bonds is 4. The molecule has 0 spiro atoms. The number of non-ortho nitro benzene ring substituents is 1. The fourth-order valence-corrected chi connectivity index (χ4v) is 2.01. The molecule has 5 nitrogen and oxygen atoms in total. The van der Waals surface area contributed by atoms with Crippen molar-refractivity contribution in [1.82, 2.24) is 0 Å². The van der Waals surface area contributed by atoms with Gasteiger partial charge in [-0.3, -0.25) is 10.1 Å². The van der Waals surface area contributed by atoms with Gasteiger partial charge >= 0.3 is 5.97 Å². The van der Waals surface area contributed by atoms with Crippen molar-refractivity contribution in [2.45, 2.75) is 6.92 Å². The van der Waals surface area contributed by atoms with Crippen molar-refractivity contribution in [3.05, 3.63) is 74.6 Å². The van der Waals surface area contributed by atoms with E-state index in [-0.39, 0.29) is 16.8 Å². The molecule has 0 aliphatic heterocycles. The number of aryl methyl sites for hydroxylation is 1. The van der Waals surface area contributed by atoms with Crippen LogP contribution in [0.1, 0.15) is 27.0 Å². The van der Waals surface area contributed by atoms with E-state index in [9.17, 15) is 19.3 Å². The van der Waals surface area contributed by atoms with Crippen LogP contribution in [0, 0.1) is 22.9 Å². The minimum atomic E-state index is -1.05. The van der Waals surface area contributed by atoms with E-state index < -0.39 is 16.7 Å². The SMILES string of the molecule is Cc1cc([N+](=O)[O-])cc(F)c1/C=C/c1cccc(C(=O)O)c1. The lowest BCUT2D eigenvalue weighted by Gasteiger charge is -2.03. The van der Waals surface area contributed by atoms with Gasteiger partial charge in [0.25, 0.3) is 5.69 Å². The summed E-state index contributed by atoms with van der Waals surface area (Å²) in [5.41, 5.74) is 1.07. The van der Waals surface area contributed by atoms with Crippen LogP contribution in [0.5, 0.6) is 0 Å². The lowest BCUT2D eigenvalue weighted by atomic mass is 10.0. The maximum atomic E-state index is 13.9. The average molecular weight is 301 g/mol. The van der Waals surface area contributed by atoms with Crippen molar-refractivity contribution >= 4 is 23.8 Å². The molecule has 0 aliphatic carbocycles.